The maximum atomic E-state index is 5.09. The van der Waals surface area contributed by atoms with E-state index in [1.54, 1.807) is 0 Å². The van der Waals surface area contributed by atoms with Crippen molar-refractivity contribution < 1.29 is 0 Å². The molecule has 2 aromatic heterocycles. The fraction of sp³-hybridized carbons (Fsp3) is 0.149. The Kier molecular flexibility index (Phi) is 10.7. The van der Waals surface area contributed by atoms with Gasteiger partial charge in [-0.3, -0.25) is 9.88 Å². The van der Waals surface area contributed by atoms with Gasteiger partial charge in [0.25, 0.3) is 0 Å². The van der Waals surface area contributed by atoms with Crippen molar-refractivity contribution in [2.75, 3.05) is 9.80 Å². The molecule has 0 N–H and O–H groups in total. The zero-order valence-corrected chi connectivity index (χ0v) is 30.7. The maximum absolute atomic E-state index is 5.09. The summed E-state index contributed by atoms with van der Waals surface area (Å²) in [5.74, 6) is 0.900. The summed E-state index contributed by atoms with van der Waals surface area (Å²) in [6.45, 7) is 14.6. The molecule has 0 atom stereocenters. The average molecular weight is 667 g/mol. The number of hydrogen-bond donors (Lipinski definition) is 0. The quantitative estimate of drug-likeness (QED) is 0.131. The van der Waals surface area contributed by atoms with Gasteiger partial charge in [0.15, 0.2) is 0 Å². The van der Waals surface area contributed by atoms with Crippen LogP contribution >= 0.6 is 0 Å². The van der Waals surface area contributed by atoms with Crippen LogP contribution in [0.3, 0.4) is 0 Å². The highest BCUT2D eigenvalue weighted by Gasteiger charge is 2.27. The van der Waals surface area contributed by atoms with Gasteiger partial charge in [-0.05, 0) is 97.9 Å². The Morgan fingerprint density at radius 1 is 0.412 bits per heavy atom. The third-order valence-corrected chi connectivity index (χ3v) is 9.09. The van der Waals surface area contributed by atoms with E-state index in [2.05, 4.69) is 169 Å². The highest BCUT2D eigenvalue weighted by atomic mass is 15.2. The Hall–Kier alpha value is -6.00. The molecule has 0 spiro atoms. The van der Waals surface area contributed by atoms with Gasteiger partial charge in [0.2, 0.25) is 0 Å². The number of para-hydroxylation sites is 2. The molecule has 0 bridgehead atoms. The SMILES string of the molecule is CC.CC.Cc1ccc2c(N(c3ccccc3)c3nccc4ccccc34)c3cc(C)c(C)cc3c(N(c3ccccc3)c3ccncc3)c2c1. The van der Waals surface area contributed by atoms with Crippen LogP contribution in [0.2, 0.25) is 0 Å². The van der Waals surface area contributed by atoms with Gasteiger partial charge in [-0.15, -0.1) is 0 Å². The summed E-state index contributed by atoms with van der Waals surface area (Å²) >= 11 is 0. The number of nitrogens with zero attached hydrogens (tertiary/aromatic N) is 4. The molecule has 0 saturated carbocycles. The number of benzene rings is 6. The first kappa shape index (κ1) is 34.8. The highest BCUT2D eigenvalue weighted by Crippen LogP contribution is 2.52. The van der Waals surface area contributed by atoms with Gasteiger partial charge < -0.3 is 4.90 Å². The summed E-state index contributed by atoms with van der Waals surface area (Å²) in [5, 5.41) is 6.89. The third-order valence-electron chi connectivity index (χ3n) is 9.09. The summed E-state index contributed by atoms with van der Waals surface area (Å²) in [6, 6.07) is 47.6. The van der Waals surface area contributed by atoms with E-state index in [9.17, 15) is 0 Å². The molecule has 0 unspecified atom stereocenters. The molecule has 4 nitrogen and oxygen atoms in total. The van der Waals surface area contributed by atoms with Crippen LogP contribution in [0.4, 0.5) is 34.3 Å². The third kappa shape index (κ3) is 6.65. The van der Waals surface area contributed by atoms with Crippen molar-refractivity contribution in [1.82, 2.24) is 9.97 Å². The minimum Gasteiger partial charge on any atom is -0.309 e. The van der Waals surface area contributed by atoms with Gasteiger partial charge in [0, 0.05) is 62.6 Å². The maximum Gasteiger partial charge on any atom is 0.145 e. The van der Waals surface area contributed by atoms with E-state index >= 15 is 0 Å². The van der Waals surface area contributed by atoms with Crippen LogP contribution in [0.1, 0.15) is 44.4 Å². The van der Waals surface area contributed by atoms with E-state index in [0.717, 1.165) is 61.2 Å². The second kappa shape index (κ2) is 15.7. The Morgan fingerprint density at radius 2 is 0.922 bits per heavy atom. The van der Waals surface area contributed by atoms with Crippen molar-refractivity contribution in [1.29, 1.82) is 0 Å². The second-order valence-electron chi connectivity index (χ2n) is 12.1. The number of rotatable bonds is 6. The van der Waals surface area contributed by atoms with Crippen molar-refractivity contribution in [3.8, 4) is 0 Å². The monoisotopic (exact) mass is 666 g/mol. The van der Waals surface area contributed by atoms with Crippen molar-refractivity contribution in [2.24, 2.45) is 0 Å². The van der Waals surface area contributed by atoms with Crippen LogP contribution in [0.25, 0.3) is 32.3 Å². The van der Waals surface area contributed by atoms with E-state index in [-0.39, 0.29) is 0 Å². The van der Waals surface area contributed by atoms with Crippen molar-refractivity contribution >= 4 is 66.6 Å². The second-order valence-corrected chi connectivity index (χ2v) is 12.1. The molecule has 0 aliphatic heterocycles. The van der Waals surface area contributed by atoms with Crippen LogP contribution in [-0.2, 0) is 0 Å². The number of aromatic nitrogens is 2. The Morgan fingerprint density at radius 3 is 1.55 bits per heavy atom. The summed E-state index contributed by atoms with van der Waals surface area (Å²) in [4.78, 5) is 14.2. The van der Waals surface area contributed by atoms with E-state index in [1.165, 1.54) is 22.1 Å². The molecule has 8 rings (SSSR count). The molecule has 6 aromatic carbocycles. The lowest BCUT2D eigenvalue weighted by atomic mass is 9.92. The number of pyridine rings is 2. The van der Waals surface area contributed by atoms with Crippen LogP contribution in [0.15, 0.2) is 152 Å². The zero-order chi connectivity index (χ0) is 35.9. The minimum absolute atomic E-state index is 0.900. The molecule has 0 fully saturated rings. The topological polar surface area (TPSA) is 32.3 Å². The molecule has 0 amide bonds. The molecule has 0 aliphatic rings. The van der Waals surface area contributed by atoms with Gasteiger partial charge in [0.1, 0.15) is 5.82 Å². The molecule has 2 heterocycles. The molecule has 51 heavy (non-hydrogen) atoms. The predicted octanol–water partition coefficient (Wildman–Crippen LogP) is 13.9. The molecule has 0 aliphatic carbocycles. The standard InChI is InChI=1S/C43H34N4.2C2H6/c1-29-18-19-37-38(26-29)42(46(33-13-6-4-7-14-33)35-21-23-44-24-22-35)40-28-31(3)30(2)27-39(40)41(37)47(34-15-8-5-9-16-34)43-36-17-11-10-12-32(36)20-25-45-43;2*1-2/h4-28H,1-3H3;2*1-2H3. The Balaban J connectivity index is 0.00000108. The van der Waals surface area contributed by atoms with Gasteiger partial charge in [-0.2, -0.15) is 0 Å². The van der Waals surface area contributed by atoms with Crippen molar-refractivity contribution in [3.63, 3.8) is 0 Å². The number of hydrogen-bond acceptors (Lipinski definition) is 4. The van der Waals surface area contributed by atoms with Crippen LogP contribution in [-0.4, -0.2) is 9.97 Å². The van der Waals surface area contributed by atoms with Gasteiger partial charge >= 0.3 is 0 Å². The lowest BCUT2D eigenvalue weighted by Gasteiger charge is -2.33. The molecule has 4 heteroatoms. The van der Waals surface area contributed by atoms with E-state index in [1.807, 2.05) is 46.3 Å². The molecule has 8 aromatic rings. The summed E-state index contributed by atoms with van der Waals surface area (Å²) in [6.07, 6.45) is 5.66. The highest BCUT2D eigenvalue weighted by molar-refractivity contribution is 6.24. The lowest BCUT2D eigenvalue weighted by Crippen LogP contribution is -2.16. The molecular weight excluding hydrogens is 621 g/mol. The summed E-state index contributed by atoms with van der Waals surface area (Å²) in [5.41, 5.74) is 9.13. The fourth-order valence-corrected chi connectivity index (χ4v) is 6.73. The summed E-state index contributed by atoms with van der Waals surface area (Å²) in [7, 11) is 0. The van der Waals surface area contributed by atoms with E-state index < -0.39 is 0 Å². The first-order valence-electron chi connectivity index (χ1n) is 18.0. The number of fused-ring (bicyclic) bond motifs is 3. The predicted molar refractivity (Wildman–Crippen MR) is 221 cm³/mol. The van der Waals surface area contributed by atoms with Gasteiger partial charge in [-0.1, -0.05) is 106 Å². The minimum atomic E-state index is 0.900. The number of aryl methyl sites for hydroxylation is 3. The molecular formula is C47H46N4. The first-order chi connectivity index (χ1) is 25.1. The summed E-state index contributed by atoms with van der Waals surface area (Å²) < 4.78 is 0. The van der Waals surface area contributed by atoms with Crippen LogP contribution in [0, 0.1) is 20.8 Å². The zero-order valence-electron chi connectivity index (χ0n) is 30.7. The van der Waals surface area contributed by atoms with Gasteiger partial charge in [-0.25, -0.2) is 4.98 Å². The smallest absolute Gasteiger partial charge is 0.145 e. The van der Waals surface area contributed by atoms with Crippen molar-refractivity contribution in [2.45, 2.75) is 48.5 Å². The molecule has 254 valence electrons. The molecule has 0 saturated heterocycles. The van der Waals surface area contributed by atoms with E-state index in [4.69, 9.17) is 4.98 Å². The Bertz CT molecular complexity index is 2340. The fourth-order valence-electron chi connectivity index (χ4n) is 6.73. The van der Waals surface area contributed by atoms with Crippen molar-refractivity contribution in [3.05, 3.63) is 169 Å². The first-order valence-corrected chi connectivity index (χ1v) is 18.0. The largest absolute Gasteiger partial charge is 0.309 e. The number of anilines is 6. The lowest BCUT2D eigenvalue weighted by molar-refractivity contribution is 1.21. The average Bonchev–Trinajstić information content (AvgIpc) is 3.19. The van der Waals surface area contributed by atoms with Gasteiger partial charge in [0.05, 0.1) is 11.4 Å². The normalized spacial score (nSPS) is 10.6. The van der Waals surface area contributed by atoms with E-state index in [0.29, 0.717) is 0 Å². The van der Waals surface area contributed by atoms with Crippen LogP contribution in [0.5, 0.6) is 0 Å². The molecule has 0 radical (unpaired) electrons. The Labute approximate surface area is 302 Å². The van der Waals surface area contributed by atoms with Crippen LogP contribution < -0.4 is 9.80 Å².